The summed E-state index contributed by atoms with van der Waals surface area (Å²) in [5, 5.41) is 0. The predicted octanol–water partition coefficient (Wildman–Crippen LogP) is 1.67. The van der Waals surface area contributed by atoms with Gasteiger partial charge in [0.2, 0.25) is 0 Å². The SMILES string of the molecule is C=C(CS)COC1CCOCC1. The number of thiol groups is 1. The standard InChI is InChI=1S/C9H16O2S/c1-8(7-12)6-11-9-2-4-10-5-3-9/h9,12H,1-7H2. The van der Waals surface area contributed by atoms with E-state index >= 15 is 0 Å². The van der Waals surface area contributed by atoms with Crippen molar-refractivity contribution >= 4 is 12.6 Å². The number of ether oxygens (including phenoxy) is 2. The third kappa shape index (κ3) is 3.61. The molecule has 0 atom stereocenters. The maximum atomic E-state index is 5.61. The molecule has 0 amide bonds. The van der Waals surface area contributed by atoms with E-state index in [4.69, 9.17) is 9.47 Å². The van der Waals surface area contributed by atoms with Gasteiger partial charge in [-0.2, -0.15) is 12.6 Å². The summed E-state index contributed by atoms with van der Waals surface area (Å²) in [5.74, 6) is 0.712. The van der Waals surface area contributed by atoms with E-state index < -0.39 is 0 Å². The van der Waals surface area contributed by atoms with Gasteiger partial charge in [0, 0.05) is 19.0 Å². The van der Waals surface area contributed by atoms with Crippen LogP contribution in [0.4, 0.5) is 0 Å². The van der Waals surface area contributed by atoms with Crippen molar-refractivity contribution in [3.05, 3.63) is 12.2 Å². The fourth-order valence-electron chi connectivity index (χ4n) is 1.12. The molecular formula is C9H16O2S. The maximum Gasteiger partial charge on any atom is 0.0685 e. The van der Waals surface area contributed by atoms with Crippen LogP contribution >= 0.6 is 12.6 Å². The van der Waals surface area contributed by atoms with E-state index in [1.807, 2.05) is 0 Å². The van der Waals surface area contributed by atoms with Crippen LogP contribution in [0.2, 0.25) is 0 Å². The average molecular weight is 188 g/mol. The second kappa shape index (κ2) is 5.62. The van der Waals surface area contributed by atoms with Crippen molar-refractivity contribution < 1.29 is 9.47 Å². The molecule has 3 heteroatoms. The molecule has 0 aromatic carbocycles. The van der Waals surface area contributed by atoms with Gasteiger partial charge in [-0.05, 0) is 18.4 Å². The Kier molecular flexibility index (Phi) is 4.73. The molecule has 0 unspecified atom stereocenters. The molecule has 0 N–H and O–H groups in total. The summed E-state index contributed by atoms with van der Waals surface area (Å²) in [4.78, 5) is 0. The van der Waals surface area contributed by atoms with Crippen molar-refractivity contribution in [3.63, 3.8) is 0 Å². The fourth-order valence-corrected chi connectivity index (χ4v) is 1.22. The molecular weight excluding hydrogens is 172 g/mol. The van der Waals surface area contributed by atoms with Gasteiger partial charge in [-0.25, -0.2) is 0 Å². The second-order valence-corrected chi connectivity index (χ2v) is 3.35. The van der Waals surface area contributed by atoms with E-state index in [1.165, 1.54) is 0 Å². The highest BCUT2D eigenvalue weighted by molar-refractivity contribution is 7.80. The van der Waals surface area contributed by atoms with Gasteiger partial charge in [-0.15, -0.1) is 0 Å². The topological polar surface area (TPSA) is 18.5 Å². The maximum absolute atomic E-state index is 5.61. The lowest BCUT2D eigenvalue weighted by Gasteiger charge is -2.22. The lowest BCUT2D eigenvalue weighted by atomic mass is 10.1. The molecule has 1 rings (SSSR count). The summed E-state index contributed by atoms with van der Waals surface area (Å²) in [6.07, 6.45) is 2.40. The molecule has 0 aliphatic carbocycles. The number of rotatable bonds is 4. The van der Waals surface area contributed by atoms with Gasteiger partial charge in [0.1, 0.15) is 0 Å². The molecule has 0 spiro atoms. The average Bonchev–Trinajstić information content (AvgIpc) is 2.16. The highest BCUT2D eigenvalue weighted by atomic mass is 32.1. The molecule has 0 bridgehead atoms. The van der Waals surface area contributed by atoms with Crippen LogP contribution in [0.5, 0.6) is 0 Å². The van der Waals surface area contributed by atoms with Crippen molar-refractivity contribution in [2.24, 2.45) is 0 Å². The van der Waals surface area contributed by atoms with Gasteiger partial charge >= 0.3 is 0 Å². The largest absolute Gasteiger partial charge is 0.381 e. The first-order valence-electron chi connectivity index (χ1n) is 4.30. The van der Waals surface area contributed by atoms with Crippen LogP contribution in [0.25, 0.3) is 0 Å². The quantitative estimate of drug-likeness (QED) is 0.534. The van der Waals surface area contributed by atoms with Crippen LogP contribution in [0.1, 0.15) is 12.8 Å². The summed E-state index contributed by atoms with van der Waals surface area (Å²) in [6.45, 7) is 6.13. The monoisotopic (exact) mass is 188 g/mol. The Morgan fingerprint density at radius 3 is 2.75 bits per heavy atom. The predicted molar refractivity (Wildman–Crippen MR) is 52.8 cm³/mol. The van der Waals surface area contributed by atoms with Crippen LogP contribution in [-0.2, 0) is 9.47 Å². The molecule has 0 aromatic rings. The van der Waals surface area contributed by atoms with Gasteiger partial charge in [0.05, 0.1) is 12.7 Å². The minimum Gasteiger partial charge on any atom is -0.381 e. The van der Waals surface area contributed by atoms with Gasteiger partial charge in [-0.3, -0.25) is 0 Å². The molecule has 70 valence electrons. The Morgan fingerprint density at radius 1 is 1.50 bits per heavy atom. The van der Waals surface area contributed by atoms with E-state index in [1.54, 1.807) is 0 Å². The summed E-state index contributed by atoms with van der Waals surface area (Å²) in [6, 6.07) is 0. The lowest BCUT2D eigenvalue weighted by Crippen LogP contribution is -2.24. The molecule has 1 heterocycles. The zero-order chi connectivity index (χ0) is 8.81. The summed E-state index contributed by atoms with van der Waals surface area (Å²) in [7, 11) is 0. The molecule has 1 aliphatic heterocycles. The number of hydrogen-bond donors (Lipinski definition) is 1. The first-order chi connectivity index (χ1) is 5.83. The van der Waals surface area contributed by atoms with Crippen LogP contribution < -0.4 is 0 Å². The van der Waals surface area contributed by atoms with Crippen LogP contribution in [-0.4, -0.2) is 31.7 Å². The highest BCUT2D eigenvalue weighted by Crippen LogP contribution is 2.11. The van der Waals surface area contributed by atoms with Crippen molar-refractivity contribution in [2.75, 3.05) is 25.6 Å². The third-order valence-corrected chi connectivity index (χ3v) is 2.36. The van der Waals surface area contributed by atoms with E-state index in [0.717, 1.165) is 31.6 Å². The Hall–Kier alpha value is 0.01000. The second-order valence-electron chi connectivity index (χ2n) is 3.03. The first kappa shape index (κ1) is 10.1. The van der Waals surface area contributed by atoms with Crippen LogP contribution in [0, 0.1) is 0 Å². The van der Waals surface area contributed by atoms with Crippen LogP contribution in [0.15, 0.2) is 12.2 Å². The molecule has 2 nitrogen and oxygen atoms in total. The molecule has 0 radical (unpaired) electrons. The lowest BCUT2D eigenvalue weighted by molar-refractivity contribution is -0.0239. The third-order valence-electron chi connectivity index (χ3n) is 1.92. The van der Waals surface area contributed by atoms with E-state index in [9.17, 15) is 0 Å². The van der Waals surface area contributed by atoms with E-state index in [2.05, 4.69) is 19.2 Å². The van der Waals surface area contributed by atoms with Crippen LogP contribution in [0.3, 0.4) is 0 Å². The molecule has 1 saturated heterocycles. The van der Waals surface area contributed by atoms with Crippen molar-refractivity contribution in [1.29, 1.82) is 0 Å². The normalized spacial score (nSPS) is 19.4. The zero-order valence-corrected chi connectivity index (χ0v) is 8.19. The first-order valence-corrected chi connectivity index (χ1v) is 4.93. The molecule has 0 saturated carbocycles. The Balaban J connectivity index is 2.09. The van der Waals surface area contributed by atoms with Gasteiger partial charge in [-0.1, -0.05) is 6.58 Å². The molecule has 0 aromatic heterocycles. The minimum absolute atomic E-state index is 0.371. The van der Waals surface area contributed by atoms with E-state index in [0.29, 0.717) is 18.5 Å². The van der Waals surface area contributed by atoms with Crippen molar-refractivity contribution in [3.8, 4) is 0 Å². The summed E-state index contributed by atoms with van der Waals surface area (Å²) in [5.41, 5.74) is 1.05. The van der Waals surface area contributed by atoms with Gasteiger partial charge in [0.25, 0.3) is 0 Å². The highest BCUT2D eigenvalue weighted by Gasteiger charge is 2.13. The Labute approximate surface area is 79.3 Å². The summed E-state index contributed by atoms with van der Waals surface area (Å²) < 4.78 is 10.8. The van der Waals surface area contributed by atoms with Gasteiger partial charge in [0.15, 0.2) is 0 Å². The smallest absolute Gasteiger partial charge is 0.0685 e. The minimum atomic E-state index is 0.371. The summed E-state index contributed by atoms with van der Waals surface area (Å²) >= 11 is 4.11. The van der Waals surface area contributed by atoms with Gasteiger partial charge < -0.3 is 9.47 Å². The van der Waals surface area contributed by atoms with E-state index in [-0.39, 0.29) is 0 Å². The van der Waals surface area contributed by atoms with Crippen molar-refractivity contribution in [1.82, 2.24) is 0 Å². The zero-order valence-electron chi connectivity index (χ0n) is 7.29. The Morgan fingerprint density at radius 2 is 2.17 bits per heavy atom. The molecule has 12 heavy (non-hydrogen) atoms. The molecule has 1 aliphatic rings. The Bertz CT molecular complexity index is 141. The fraction of sp³-hybridized carbons (Fsp3) is 0.778. The number of hydrogen-bond acceptors (Lipinski definition) is 3. The molecule has 1 fully saturated rings. The van der Waals surface area contributed by atoms with Crippen molar-refractivity contribution in [2.45, 2.75) is 18.9 Å².